The van der Waals surface area contributed by atoms with Gasteiger partial charge in [-0.3, -0.25) is 0 Å². The number of nitrogens with zero attached hydrogens (tertiary/aromatic N) is 1. The van der Waals surface area contributed by atoms with Crippen LogP contribution in [0.1, 0.15) is 19.8 Å². The molecule has 0 aliphatic carbocycles. The van der Waals surface area contributed by atoms with E-state index in [1.54, 1.807) is 0 Å². The number of nitrogens with one attached hydrogen (secondary N) is 1. The van der Waals surface area contributed by atoms with Gasteiger partial charge in [0.05, 0.1) is 0 Å². The van der Waals surface area contributed by atoms with E-state index in [9.17, 15) is 17.2 Å². The molecule has 4 nitrogen and oxygen atoms in total. The molecular formula is C13H19ClF2N2O2S. The van der Waals surface area contributed by atoms with E-state index in [1.807, 2.05) is 6.92 Å². The zero-order valence-corrected chi connectivity index (χ0v) is 13.3. The predicted molar refractivity (Wildman–Crippen MR) is 79.1 cm³/mol. The van der Waals surface area contributed by atoms with Crippen molar-refractivity contribution < 1.29 is 17.2 Å². The molecule has 0 radical (unpaired) electrons. The van der Waals surface area contributed by atoms with Crippen molar-refractivity contribution in [1.29, 1.82) is 0 Å². The molecule has 1 saturated heterocycles. The zero-order valence-electron chi connectivity index (χ0n) is 11.7. The van der Waals surface area contributed by atoms with Crippen LogP contribution in [0.4, 0.5) is 8.78 Å². The molecule has 1 aromatic carbocycles. The molecule has 1 unspecified atom stereocenters. The van der Waals surface area contributed by atoms with Crippen molar-refractivity contribution in [3.63, 3.8) is 0 Å². The fourth-order valence-electron chi connectivity index (χ4n) is 2.42. The number of benzene rings is 1. The first kappa shape index (κ1) is 18.3. The highest BCUT2D eigenvalue weighted by molar-refractivity contribution is 7.89. The Bertz CT molecular complexity index is 578. The van der Waals surface area contributed by atoms with Gasteiger partial charge in [-0.2, -0.15) is 4.31 Å². The van der Waals surface area contributed by atoms with Crippen LogP contribution in [0.3, 0.4) is 0 Å². The molecule has 1 aliphatic heterocycles. The van der Waals surface area contributed by atoms with E-state index >= 15 is 0 Å². The molecule has 8 heteroatoms. The topological polar surface area (TPSA) is 49.4 Å². The molecule has 120 valence electrons. The monoisotopic (exact) mass is 340 g/mol. The highest BCUT2D eigenvalue weighted by Crippen LogP contribution is 2.24. The third kappa shape index (κ3) is 3.91. The molecule has 2 rings (SSSR count). The Balaban J connectivity index is 0.00000220. The smallest absolute Gasteiger partial charge is 0.246 e. The van der Waals surface area contributed by atoms with E-state index in [-0.39, 0.29) is 18.4 Å². The van der Waals surface area contributed by atoms with Gasteiger partial charge in [0.25, 0.3) is 0 Å². The summed E-state index contributed by atoms with van der Waals surface area (Å²) in [5.74, 6) is -1.83. The van der Waals surface area contributed by atoms with Crippen molar-refractivity contribution >= 4 is 22.4 Å². The number of hydrogen-bond acceptors (Lipinski definition) is 3. The lowest BCUT2D eigenvalue weighted by Gasteiger charge is -2.27. The van der Waals surface area contributed by atoms with E-state index in [0.29, 0.717) is 32.0 Å². The van der Waals surface area contributed by atoms with E-state index < -0.39 is 26.6 Å². The molecule has 1 atom stereocenters. The molecule has 1 fully saturated rings. The lowest BCUT2D eigenvalue weighted by atomic mass is 10.2. The summed E-state index contributed by atoms with van der Waals surface area (Å²) in [6, 6.07) is 2.38. The molecular weight excluding hydrogens is 322 g/mol. The standard InChI is InChI=1S/C13H18F2N2O2S.ClH/c1-2-7-17(11-5-6-16-9-11)20(18,19)13-4-3-10(14)8-12(13)15;/h3-4,8,11,16H,2,5-7,9H2,1H3;1H. The summed E-state index contributed by atoms with van der Waals surface area (Å²) in [6.45, 7) is 3.49. The first-order chi connectivity index (χ1) is 9.46. The van der Waals surface area contributed by atoms with E-state index in [2.05, 4.69) is 5.32 Å². The van der Waals surface area contributed by atoms with E-state index in [4.69, 9.17) is 0 Å². The van der Waals surface area contributed by atoms with Crippen LogP contribution in [0.25, 0.3) is 0 Å². The average Bonchev–Trinajstić information content (AvgIpc) is 2.88. The number of hydrogen-bond donors (Lipinski definition) is 1. The quantitative estimate of drug-likeness (QED) is 0.893. The van der Waals surface area contributed by atoms with Crippen molar-refractivity contribution in [2.24, 2.45) is 0 Å². The highest BCUT2D eigenvalue weighted by Gasteiger charge is 2.34. The van der Waals surface area contributed by atoms with Crippen LogP contribution in [-0.2, 0) is 10.0 Å². The lowest BCUT2D eigenvalue weighted by Crippen LogP contribution is -2.42. The third-order valence-corrected chi connectivity index (χ3v) is 5.35. The minimum absolute atomic E-state index is 0. The highest BCUT2D eigenvalue weighted by atomic mass is 35.5. The largest absolute Gasteiger partial charge is 0.315 e. The Labute approximate surface area is 130 Å². The van der Waals surface area contributed by atoms with Crippen LogP contribution in [-0.4, -0.2) is 38.4 Å². The van der Waals surface area contributed by atoms with Crippen LogP contribution in [0.2, 0.25) is 0 Å². The molecule has 1 aromatic rings. The SMILES string of the molecule is CCCN(C1CCNC1)S(=O)(=O)c1ccc(F)cc1F.Cl. The Hall–Kier alpha value is -0.760. The fourth-order valence-corrected chi connectivity index (χ4v) is 4.21. The molecule has 0 saturated carbocycles. The maximum atomic E-state index is 13.8. The van der Waals surface area contributed by atoms with Gasteiger partial charge in [0.1, 0.15) is 16.5 Å². The molecule has 0 spiro atoms. The van der Waals surface area contributed by atoms with Gasteiger partial charge in [-0.1, -0.05) is 6.92 Å². The summed E-state index contributed by atoms with van der Waals surface area (Å²) in [5, 5.41) is 3.10. The molecule has 21 heavy (non-hydrogen) atoms. The van der Waals surface area contributed by atoms with Gasteiger partial charge in [-0.15, -0.1) is 12.4 Å². The van der Waals surface area contributed by atoms with Crippen LogP contribution in [0, 0.1) is 11.6 Å². The van der Waals surface area contributed by atoms with Gasteiger partial charge in [-0.25, -0.2) is 17.2 Å². The van der Waals surface area contributed by atoms with Gasteiger partial charge in [0, 0.05) is 25.2 Å². The summed E-state index contributed by atoms with van der Waals surface area (Å²) in [7, 11) is -3.94. The maximum Gasteiger partial charge on any atom is 0.246 e. The van der Waals surface area contributed by atoms with Gasteiger partial charge >= 0.3 is 0 Å². The Morgan fingerprint density at radius 1 is 1.38 bits per heavy atom. The molecule has 0 bridgehead atoms. The van der Waals surface area contributed by atoms with Crippen molar-refractivity contribution in [2.45, 2.75) is 30.7 Å². The van der Waals surface area contributed by atoms with Crippen LogP contribution in [0.15, 0.2) is 23.1 Å². The minimum Gasteiger partial charge on any atom is -0.315 e. The van der Waals surface area contributed by atoms with Gasteiger partial charge < -0.3 is 5.32 Å². The van der Waals surface area contributed by atoms with Gasteiger partial charge in [-0.05, 0) is 31.5 Å². The van der Waals surface area contributed by atoms with E-state index in [0.717, 1.165) is 18.7 Å². The van der Waals surface area contributed by atoms with E-state index in [1.165, 1.54) is 4.31 Å². The summed E-state index contributed by atoms with van der Waals surface area (Å²) in [5.41, 5.74) is 0. The minimum atomic E-state index is -3.94. The summed E-state index contributed by atoms with van der Waals surface area (Å²) >= 11 is 0. The normalized spacial score (nSPS) is 18.8. The molecule has 1 aliphatic rings. The second-order valence-corrected chi connectivity index (χ2v) is 6.70. The van der Waals surface area contributed by atoms with Crippen molar-refractivity contribution in [3.8, 4) is 0 Å². The fraction of sp³-hybridized carbons (Fsp3) is 0.538. The molecule has 0 amide bonds. The van der Waals surface area contributed by atoms with Gasteiger partial charge in [0.15, 0.2) is 0 Å². The summed E-state index contributed by atoms with van der Waals surface area (Å²) in [6.07, 6.45) is 1.33. The number of rotatable bonds is 5. The van der Waals surface area contributed by atoms with Crippen LogP contribution in [0.5, 0.6) is 0 Å². The Morgan fingerprint density at radius 2 is 2.10 bits per heavy atom. The predicted octanol–water partition coefficient (Wildman–Crippen LogP) is 2.15. The second kappa shape index (κ2) is 7.49. The zero-order chi connectivity index (χ0) is 14.8. The lowest BCUT2D eigenvalue weighted by molar-refractivity contribution is 0.333. The first-order valence-electron chi connectivity index (χ1n) is 6.64. The maximum absolute atomic E-state index is 13.8. The molecule has 0 aromatic heterocycles. The third-order valence-electron chi connectivity index (χ3n) is 3.37. The van der Waals surface area contributed by atoms with Crippen LogP contribution >= 0.6 is 12.4 Å². The van der Waals surface area contributed by atoms with Crippen molar-refractivity contribution in [2.75, 3.05) is 19.6 Å². The van der Waals surface area contributed by atoms with Crippen molar-refractivity contribution in [3.05, 3.63) is 29.8 Å². The number of halogens is 3. The Kier molecular flexibility index (Phi) is 6.52. The van der Waals surface area contributed by atoms with Crippen molar-refractivity contribution in [1.82, 2.24) is 9.62 Å². The molecule has 1 N–H and O–H groups in total. The Morgan fingerprint density at radius 3 is 2.62 bits per heavy atom. The average molecular weight is 341 g/mol. The van der Waals surface area contributed by atoms with Crippen LogP contribution < -0.4 is 5.32 Å². The van der Waals surface area contributed by atoms with Gasteiger partial charge in [0.2, 0.25) is 10.0 Å². The number of sulfonamides is 1. The second-order valence-electron chi connectivity index (χ2n) is 4.84. The summed E-state index contributed by atoms with van der Waals surface area (Å²) in [4.78, 5) is -0.459. The first-order valence-corrected chi connectivity index (χ1v) is 8.08. The summed E-state index contributed by atoms with van der Waals surface area (Å²) < 4.78 is 53.2. The molecule has 1 heterocycles.